The molecule has 0 atom stereocenters. The zero-order valence-electron chi connectivity index (χ0n) is 5.80. The van der Waals surface area contributed by atoms with Crippen molar-refractivity contribution >= 4 is 19.4 Å². The van der Waals surface area contributed by atoms with Crippen molar-refractivity contribution in [1.82, 2.24) is 0 Å². The van der Waals surface area contributed by atoms with Gasteiger partial charge in [0.2, 0.25) is 0 Å². The van der Waals surface area contributed by atoms with Crippen molar-refractivity contribution in [3.8, 4) is 0 Å². The molecule has 10 heavy (non-hydrogen) atoms. The zero-order chi connectivity index (χ0) is 7.56. The Morgan fingerprint density at radius 1 is 1.30 bits per heavy atom. The maximum Gasteiger partial charge on any atom is 0.143 e. The van der Waals surface area contributed by atoms with Gasteiger partial charge in [-0.05, 0) is 6.42 Å². The number of Topliss-reactive ketones (excluding diaryl/α,β-unsaturated/α-hetero) is 2. The van der Waals surface area contributed by atoms with E-state index in [9.17, 15) is 9.59 Å². The second kappa shape index (κ2) is 2.99. The van der Waals surface area contributed by atoms with Crippen LogP contribution >= 0.6 is 0 Å². The second-order valence-corrected chi connectivity index (χ2v) is 2.56. The summed E-state index contributed by atoms with van der Waals surface area (Å²) in [6, 6.07) is 0. The Hall–Kier alpha value is -0.595. The van der Waals surface area contributed by atoms with E-state index in [0.29, 0.717) is 25.6 Å². The molecule has 1 saturated carbocycles. The van der Waals surface area contributed by atoms with E-state index in [1.165, 1.54) is 0 Å². The minimum Gasteiger partial charge on any atom is -0.299 e. The highest BCUT2D eigenvalue weighted by atomic mass is 16.2. The van der Waals surface area contributed by atoms with E-state index >= 15 is 0 Å². The van der Waals surface area contributed by atoms with E-state index in [1.54, 1.807) is 0 Å². The van der Waals surface area contributed by atoms with Gasteiger partial charge in [0.1, 0.15) is 11.6 Å². The monoisotopic (exact) mass is 136 g/mol. The summed E-state index contributed by atoms with van der Waals surface area (Å²) in [4.78, 5) is 21.8. The molecule has 0 aromatic heterocycles. The van der Waals surface area contributed by atoms with Gasteiger partial charge in [-0.25, -0.2) is 0 Å². The summed E-state index contributed by atoms with van der Waals surface area (Å²) in [6.07, 6.45) is 1.84. The van der Waals surface area contributed by atoms with Crippen molar-refractivity contribution in [2.75, 3.05) is 0 Å². The van der Waals surface area contributed by atoms with Gasteiger partial charge >= 0.3 is 0 Å². The molecule has 1 rings (SSSR count). The lowest BCUT2D eigenvalue weighted by atomic mass is 9.91. The molecule has 0 heterocycles. The quantitative estimate of drug-likeness (QED) is 0.409. The molecule has 0 aromatic carbocycles. The maximum atomic E-state index is 10.9. The molecule has 3 heteroatoms. The van der Waals surface area contributed by atoms with Crippen LogP contribution in [0.5, 0.6) is 0 Å². The SMILES string of the molecule is [B]CCC1C(=O)CCC1=O. The topological polar surface area (TPSA) is 34.1 Å². The predicted octanol–water partition coefficient (Wildman–Crippen LogP) is 0.511. The van der Waals surface area contributed by atoms with E-state index in [-0.39, 0.29) is 17.5 Å². The lowest BCUT2D eigenvalue weighted by Crippen LogP contribution is -2.13. The van der Waals surface area contributed by atoms with Gasteiger partial charge in [0.05, 0.1) is 13.8 Å². The Kier molecular flexibility index (Phi) is 2.25. The van der Waals surface area contributed by atoms with Crippen molar-refractivity contribution < 1.29 is 9.59 Å². The van der Waals surface area contributed by atoms with E-state index in [1.807, 2.05) is 0 Å². The number of carbonyl (C=O) groups excluding carboxylic acids is 2. The van der Waals surface area contributed by atoms with Gasteiger partial charge in [0.25, 0.3) is 0 Å². The summed E-state index contributed by atoms with van der Waals surface area (Å²) in [5, 5.41) is 0. The Balaban J connectivity index is 2.54. The number of hydrogen-bond acceptors (Lipinski definition) is 2. The Morgan fingerprint density at radius 2 is 1.80 bits per heavy atom. The molecular weight excluding hydrogens is 127 g/mol. The maximum absolute atomic E-state index is 10.9. The lowest BCUT2D eigenvalue weighted by Gasteiger charge is -2.01. The first-order chi connectivity index (χ1) is 4.75. The molecule has 52 valence electrons. The molecule has 2 radical (unpaired) electrons. The van der Waals surface area contributed by atoms with Crippen LogP contribution in [0.15, 0.2) is 0 Å². The van der Waals surface area contributed by atoms with Crippen molar-refractivity contribution in [3.63, 3.8) is 0 Å². The molecule has 0 saturated heterocycles. The smallest absolute Gasteiger partial charge is 0.143 e. The van der Waals surface area contributed by atoms with Crippen LogP contribution in [0.1, 0.15) is 19.3 Å². The third-order valence-corrected chi connectivity index (χ3v) is 1.85. The summed E-state index contributed by atoms with van der Waals surface area (Å²) < 4.78 is 0. The van der Waals surface area contributed by atoms with Crippen LogP contribution < -0.4 is 0 Å². The Labute approximate surface area is 61.4 Å². The van der Waals surface area contributed by atoms with Crippen LogP contribution in [0.2, 0.25) is 6.32 Å². The summed E-state index contributed by atoms with van der Waals surface area (Å²) in [5.41, 5.74) is 0. The van der Waals surface area contributed by atoms with Crippen LogP contribution in [0, 0.1) is 5.92 Å². The molecule has 2 nitrogen and oxygen atoms in total. The van der Waals surface area contributed by atoms with Gasteiger partial charge in [-0.2, -0.15) is 0 Å². The molecule has 1 aliphatic rings. The first-order valence-corrected chi connectivity index (χ1v) is 3.51. The molecule has 0 unspecified atom stereocenters. The fraction of sp³-hybridized carbons (Fsp3) is 0.714. The summed E-state index contributed by atoms with van der Waals surface area (Å²) in [7, 11) is 5.23. The Bertz CT molecular complexity index is 149. The standard InChI is InChI=1S/C7H9BO2/c8-4-3-5-6(9)1-2-7(5)10/h5H,1-4H2. The van der Waals surface area contributed by atoms with Crippen molar-refractivity contribution in [3.05, 3.63) is 0 Å². The highest BCUT2D eigenvalue weighted by Crippen LogP contribution is 2.21. The number of ketones is 2. The summed E-state index contributed by atoms with van der Waals surface area (Å²) in [5.74, 6) is -0.198. The number of hydrogen-bond donors (Lipinski definition) is 0. The van der Waals surface area contributed by atoms with Gasteiger partial charge in [-0.1, -0.05) is 6.32 Å². The first-order valence-electron chi connectivity index (χ1n) is 3.51. The van der Waals surface area contributed by atoms with Crippen LogP contribution in [-0.2, 0) is 9.59 Å². The Morgan fingerprint density at radius 3 is 2.20 bits per heavy atom. The molecule has 0 bridgehead atoms. The largest absolute Gasteiger partial charge is 0.299 e. The molecule has 0 N–H and O–H groups in total. The van der Waals surface area contributed by atoms with Crippen molar-refractivity contribution in [2.24, 2.45) is 5.92 Å². The molecule has 0 spiro atoms. The summed E-state index contributed by atoms with van der Waals surface area (Å²) >= 11 is 0. The van der Waals surface area contributed by atoms with Crippen LogP contribution in [-0.4, -0.2) is 19.4 Å². The summed E-state index contributed by atoms with van der Waals surface area (Å²) in [6.45, 7) is 0. The predicted molar refractivity (Wildman–Crippen MR) is 37.9 cm³/mol. The van der Waals surface area contributed by atoms with Crippen molar-refractivity contribution in [1.29, 1.82) is 0 Å². The van der Waals surface area contributed by atoms with E-state index in [0.717, 1.165) is 0 Å². The third-order valence-electron chi connectivity index (χ3n) is 1.85. The van der Waals surface area contributed by atoms with Gasteiger partial charge in [0.15, 0.2) is 0 Å². The number of rotatable bonds is 2. The first kappa shape index (κ1) is 7.51. The van der Waals surface area contributed by atoms with Gasteiger partial charge < -0.3 is 0 Å². The highest BCUT2D eigenvalue weighted by molar-refractivity contribution is 6.11. The molecule has 0 amide bonds. The fourth-order valence-corrected chi connectivity index (χ4v) is 1.26. The molecular formula is C7H9BO2. The lowest BCUT2D eigenvalue weighted by molar-refractivity contribution is -0.127. The highest BCUT2D eigenvalue weighted by Gasteiger charge is 2.31. The van der Waals surface area contributed by atoms with Gasteiger partial charge in [-0.3, -0.25) is 9.59 Å². The minimum absolute atomic E-state index is 0.0791. The van der Waals surface area contributed by atoms with Crippen LogP contribution in [0.25, 0.3) is 0 Å². The average molecular weight is 136 g/mol. The fourth-order valence-electron chi connectivity index (χ4n) is 1.26. The normalized spacial score (nSPS) is 20.4. The molecule has 0 aromatic rings. The minimum atomic E-state index is -0.356. The van der Waals surface area contributed by atoms with Crippen LogP contribution in [0.4, 0.5) is 0 Å². The van der Waals surface area contributed by atoms with E-state index in [4.69, 9.17) is 7.85 Å². The molecule has 0 aliphatic heterocycles. The van der Waals surface area contributed by atoms with E-state index < -0.39 is 0 Å². The molecule has 1 fully saturated rings. The van der Waals surface area contributed by atoms with E-state index in [2.05, 4.69) is 0 Å². The van der Waals surface area contributed by atoms with Gasteiger partial charge in [0, 0.05) is 12.8 Å². The second-order valence-electron chi connectivity index (χ2n) is 2.56. The van der Waals surface area contributed by atoms with Crippen molar-refractivity contribution in [2.45, 2.75) is 25.6 Å². The van der Waals surface area contributed by atoms with Crippen LogP contribution in [0.3, 0.4) is 0 Å². The average Bonchev–Trinajstić information content (AvgIpc) is 2.20. The zero-order valence-corrected chi connectivity index (χ0v) is 5.80. The molecule has 1 aliphatic carbocycles. The van der Waals surface area contributed by atoms with Gasteiger partial charge in [-0.15, -0.1) is 0 Å². The number of carbonyl (C=O) groups is 2. The third kappa shape index (κ3) is 1.28.